The molecule has 1 N–H and O–H groups in total. The van der Waals surface area contributed by atoms with Gasteiger partial charge in [-0.2, -0.15) is 0 Å². The van der Waals surface area contributed by atoms with Crippen LogP contribution in [0.25, 0.3) is 0 Å². The van der Waals surface area contributed by atoms with Crippen LogP contribution in [-0.4, -0.2) is 30.9 Å². The monoisotopic (exact) mass is 400 g/mol. The summed E-state index contributed by atoms with van der Waals surface area (Å²) >= 11 is 5.79. The highest BCUT2D eigenvalue weighted by atomic mass is 35.5. The Morgan fingerprint density at radius 3 is 2.54 bits per heavy atom. The minimum absolute atomic E-state index is 0.0740. The van der Waals surface area contributed by atoms with Gasteiger partial charge in [0.25, 0.3) is 5.91 Å². The molecule has 1 fully saturated rings. The average Bonchev–Trinajstić information content (AvgIpc) is 3.06. The predicted octanol–water partition coefficient (Wildman–Crippen LogP) is 3.49. The van der Waals surface area contributed by atoms with Gasteiger partial charge in [0.2, 0.25) is 5.91 Å². The van der Waals surface area contributed by atoms with Crippen molar-refractivity contribution >= 4 is 40.8 Å². The van der Waals surface area contributed by atoms with Gasteiger partial charge in [-0.05, 0) is 61.4 Å². The van der Waals surface area contributed by atoms with Crippen LogP contribution in [0.4, 0.5) is 11.4 Å². The second kappa shape index (κ2) is 8.44. The second-order valence-corrected chi connectivity index (χ2v) is 7.27. The normalized spacial score (nSPS) is 16.2. The first-order valence-electron chi connectivity index (χ1n) is 8.93. The van der Waals surface area contributed by atoms with E-state index in [-0.39, 0.29) is 18.9 Å². The van der Waals surface area contributed by atoms with E-state index in [2.05, 4.69) is 5.32 Å². The number of carbonyl (C=O) groups excluding carboxylic acids is 3. The Hall–Kier alpha value is -2.86. The van der Waals surface area contributed by atoms with Crippen LogP contribution in [0.3, 0.4) is 0 Å². The van der Waals surface area contributed by atoms with Crippen molar-refractivity contribution in [3.05, 3.63) is 58.6 Å². The fourth-order valence-corrected chi connectivity index (χ4v) is 3.12. The van der Waals surface area contributed by atoms with Crippen molar-refractivity contribution in [2.45, 2.75) is 20.3 Å². The maximum Gasteiger partial charge on any atom is 0.311 e. The lowest BCUT2D eigenvalue weighted by molar-refractivity contribution is -0.151. The Labute approximate surface area is 168 Å². The lowest BCUT2D eigenvalue weighted by atomic mass is 10.1. The van der Waals surface area contributed by atoms with Crippen LogP contribution in [0.15, 0.2) is 42.5 Å². The molecule has 3 rings (SSSR count). The molecule has 1 saturated heterocycles. The highest BCUT2D eigenvalue weighted by Gasteiger charge is 2.36. The molecule has 146 valence electrons. The molecule has 0 radical (unpaired) electrons. The highest BCUT2D eigenvalue weighted by molar-refractivity contribution is 6.30. The summed E-state index contributed by atoms with van der Waals surface area (Å²) in [6, 6.07) is 12.3. The number of anilines is 2. The average molecular weight is 401 g/mol. The summed E-state index contributed by atoms with van der Waals surface area (Å²) in [6.07, 6.45) is 0.0740. The van der Waals surface area contributed by atoms with Crippen LogP contribution in [0.1, 0.15) is 17.5 Å². The van der Waals surface area contributed by atoms with Gasteiger partial charge in [-0.1, -0.05) is 17.7 Å². The molecule has 0 spiro atoms. The number of rotatable bonds is 5. The fourth-order valence-electron chi connectivity index (χ4n) is 2.99. The Balaban J connectivity index is 1.53. The largest absolute Gasteiger partial charge is 0.455 e. The molecule has 2 aromatic carbocycles. The molecule has 28 heavy (non-hydrogen) atoms. The number of halogens is 1. The zero-order chi connectivity index (χ0) is 20.3. The van der Waals surface area contributed by atoms with Gasteiger partial charge in [0.1, 0.15) is 0 Å². The molecule has 0 saturated carbocycles. The number of hydrogen-bond acceptors (Lipinski definition) is 4. The third kappa shape index (κ3) is 4.70. The molecular formula is C21H21ClN2O4. The summed E-state index contributed by atoms with van der Waals surface area (Å²) in [5.74, 6) is -1.72. The second-order valence-electron chi connectivity index (χ2n) is 6.84. The smallest absolute Gasteiger partial charge is 0.311 e. The van der Waals surface area contributed by atoms with Crippen LogP contribution >= 0.6 is 11.6 Å². The van der Waals surface area contributed by atoms with E-state index in [0.717, 1.165) is 16.8 Å². The van der Waals surface area contributed by atoms with Crippen molar-refractivity contribution < 1.29 is 19.1 Å². The Kier molecular flexibility index (Phi) is 5.99. The van der Waals surface area contributed by atoms with Crippen LogP contribution < -0.4 is 10.2 Å². The molecule has 6 nitrogen and oxygen atoms in total. The standard InChI is InChI=1S/C21H21ClN2O4/c1-13-3-8-18(9-14(13)2)24-11-15(10-20(24)26)21(27)28-12-19(25)23-17-6-4-16(22)5-7-17/h3-9,15H,10-12H2,1-2H3,(H,23,25)/t15-/m1/s1. The number of carbonyl (C=O) groups is 3. The number of esters is 1. The van der Waals surface area contributed by atoms with Gasteiger partial charge in [0, 0.05) is 29.4 Å². The summed E-state index contributed by atoms with van der Waals surface area (Å²) in [7, 11) is 0. The van der Waals surface area contributed by atoms with E-state index in [1.807, 2.05) is 32.0 Å². The molecule has 1 aliphatic rings. The van der Waals surface area contributed by atoms with Crippen molar-refractivity contribution in [3.8, 4) is 0 Å². The van der Waals surface area contributed by atoms with Gasteiger partial charge in [-0.25, -0.2) is 0 Å². The maximum absolute atomic E-state index is 12.3. The van der Waals surface area contributed by atoms with E-state index < -0.39 is 24.4 Å². The molecule has 2 aromatic rings. The Bertz CT molecular complexity index is 911. The Morgan fingerprint density at radius 2 is 1.86 bits per heavy atom. The first kappa shape index (κ1) is 19.9. The van der Waals surface area contributed by atoms with Crippen molar-refractivity contribution in [1.29, 1.82) is 0 Å². The van der Waals surface area contributed by atoms with Gasteiger partial charge in [-0.3, -0.25) is 14.4 Å². The predicted molar refractivity (Wildman–Crippen MR) is 107 cm³/mol. The highest BCUT2D eigenvalue weighted by Crippen LogP contribution is 2.27. The first-order chi connectivity index (χ1) is 13.3. The molecule has 1 heterocycles. The first-order valence-corrected chi connectivity index (χ1v) is 9.31. The summed E-state index contributed by atoms with van der Waals surface area (Å²) in [5.41, 5.74) is 3.54. The fraction of sp³-hybridized carbons (Fsp3) is 0.286. The Morgan fingerprint density at radius 1 is 1.14 bits per heavy atom. The van der Waals surface area contributed by atoms with Crippen molar-refractivity contribution in [1.82, 2.24) is 0 Å². The minimum atomic E-state index is -0.586. The summed E-state index contributed by atoms with van der Waals surface area (Å²) in [6.45, 7) is 3.82. The third-order valence-electron chi connectivity index (χ3n) is 4.73. The molecular weight excluding hydrogens is 380 g/mol. The number of hydrogen-bond donors (Lipinski definition) is 1. The SMILES string of the molecule is Cc1ccc(N2C[C@H](C(=O)OCC(=O)Nc3ccc(Cl)cc3)CC2=O)cc1C. The molecule has 0 aromatic heterocycles. The molecule has 0 bridgehead atoms. The maximum atomic E-state index is 12.3. The molecule has 7 heteroatoms. The number of nitrogens with one attached hydrogen (secondary N) is 1. The van der Waals surface area contributed by atoms with Gasteiger partial charge in [-0.15, -0.1) is 0 Å². The zero-order valence-electron chi connectivity index (χ0n) is 15.7. The molecule has 0 aliphatic carbocycles. The molecule has 1 atom stereocenters. The van der Waals surface area contributed by atoms with E-state index in [1.165, 1.54) is 0 Å². The number of aryl methyl sites for hydroxylation is 2. The number of benzene rings is 2. The molecule has 1 aliphatic heterocycles. The van der Waals surface area contributed by atoms with Gasteiger partial charge < -0.3 is 15.0 Å². The van der Waals surface area contributed by atoms with Crippen molar-refractivity contribution in [3.63, 3.8) is 0 Å². The number of amides is 2. The minimum Gasteiger partial charge on any atom is -0.455 e. The summed E-state index contributed by atoms with van der Waals surface area (Å²) < 4.78 is 5.10. The lowest BCUT2D eigenvalue weighted by Gasteiger charge is -2.17. The van der Waals surface area contributed by atoms with Gasteiger partial charge in [0.05, 0.1) is 5.92 Å². The van der Waals surface area contributed by atoms with E-state index in [1.54, 1.807) is 29.2 Å². The third-order valence-corrected chi connectivity index (χ3v) is 4.99. The number of ether oxygens (including phenoxy) is 1. The van der Waals surface area contributed by atoms with E-state index in [9.17, 15) is 14.4 Å². The quantitative estimate of drug-likeness (QED) is 0.779. The van der Waals surface area contributed by atoms with Crippen LogP contribution in [-0.2, 0) is 19.1 Å². The van der Waals surface area contributed by atoms with Crippen LogP contribution in [0.5, 0.6) is 0 Å². The topological polar surface area (TPSA) is 75.7 Å². The van der Waals surface area contributed by atoms with Crippen LogP contribution in [0, 0.1) is 19.8 Å². The van der Waals surface area contributed by atoms with Crippen molar-refractivity contribution in [2.75, 3.05) is 23.4 Å². The summed E-state index contributed by atoms with van der Waals surface area (Å²) in [5, 5.41) is 3.18. The van der Waals surface area contributed by atoms with E-state index in [4.69, 9.17) is 16.3 Å². The van der Waals surface area contributed by atoms with E-state index in [0.29, 0.717) is 10.7 Å². The molecule has 2 amide bonds. The summed E-state index contributed by atoms with van der Waals surface area (Å²) in [4.78, 5) is 38.1. The zero-order valence-corrected chi connectivity index (χ0v) is 16.5. The van der Waals surface area contributed by atoms with Gasteiger partial charge in [0.15, 0.2) is 6.61 Å². The molecule has 0 unspecified atom stereocenters. The van der Waals surface area contributed by atoms with E-state index >= 15 is 0 Å². The lowest BCUT2D eigenvalue weighted by Crippen LogP contribution is -2.28. The van der Waals surface area contributed by atoms with Crippen molar-refractivity contribution in [2.24, 2.45) is 5.92 Å². The van der Waals surface area contributed by atoms with Crippen LogP contribution in [0.2, 0.25) is 5.02 Å². The van der Waals surface area contributed by atoms with Gasteiger partial charge >= 0.3 is 5.97 Å². The number of nitrogens with zero attached hydrogens (tertiary/aromatic N) is 1.